The Hall–Kier alpha value is -3.03. The van der Waals surface area contributed by atoms with Crippen LogP contribution in [0.5, 0.6) is 0 Å². The summed E-state index contributed by atoms with van der Waals surface area (Å²) in [5, 5.41) is 11.8. The second kappa shape index (κ2) is 6.70. The maximum absolute atomic E-state index is 11.1. The summed E-state index contributed by atoms with van der Waals surface area (Å²) in [4.78, 5) is 20.2. The number of rotatable bonds is 5. The molecular formula is C19H16N4O2S. The van der Waals surface area contributed by atoms with E-state index in [-0.39, 0.29) is 18.9 Å². The Labute approximate surface area is 153 Å². The number of thiazole rings is 1. The molecule has 0 unspecified atom stereocenters. The van der Waals surface area contributed by atoms with Crippen LogP contribution in [-0.2, 0) is 17.8 Å². The number of carbonyl (C=O) groups is 1. The van der Waals surface area contributed by atoms with Gasteiger partial charge in [0.1, 0.15) is 10.7 Å². The molecule has 3 N–H and O–H groups in total. The van der Waals surface area contributed by atoms with E-state index in [1.807, 2.05) is 58.6 Å². The highest BCUT2D eigenvalue weighted by Gasteiger charge is 2.09. The number of aliphatic hydroxyl groups is 1. The van der Waals surface area contributed by atoms with Crippen LogP contribution in [-0.4, -0.2) is 25.4 Å². The standard InChI is InChI=1S/C19H16N4O2S/c20-17(25)7-12-2-1-3-13(6-12)15-9-23-8-14(4-5-18(23)21-15)16-11-26-19(10-24)22-16/h1-6,8-9,11,24H,7,10H2,(H2,20,25). The van der Waals surface area contributed by atoms with Crippen molar-refractivity contribution in [2.45, 2.75) is 13.0 Å². The van der Waals surface area contributed by atoms with E-state index in [1.165, 1.54) is 11.3 Å². The van der Waals surface area contributed by atoms with Gasteiger partial charge < -0.3 is 15.2 Å². The molecule has 6 nitrogen and oxygen atoms in total. The summed E-state index contributed by atoms with van der Waals surface area (Å²) < 4.78 is 1.95. The predicted molar refractivity (Wildman–Crippen MR) is 101 cm³/mol. The van der Waals surface area contributed by atoms with Crippen molar-refractivity contribution in [3.8, 4) is 22.5 Å². The predicted octanol–water partition coefficient (Wildman–Crippen LogP) is 2.64. The zero-order chi connectivity index (χ0) is 18.1. The average molecular weight is 364 g/mol. The zero-order valence-corrected chi connectivity index (χ0v) is 14.6. The van der Waals surface area contributed by atoms with Crippen molar-refractivity contribution in [3.05, 3.63) is 64.7 Å². The summed E-state index contributed by atoms with van der Waals surface area (Å²) >= 11 is 1.43. The minimum Gasteiger partial charge on any atom is -0.389 e. The molecule has 7 heteroatoms. The number of fused-ring (bicyclic) bond motifs is 1. The van der Waals surface area contributed by atoms with Crippen LogP contribution >= 0.6 is 11.3 Å². The number of carbonyl (C=O) groups excluding carboxylic acids is 1. The Bertz CT molecular complexity index is 1100. The van der Waals surface area contributed by atoms with Gasteiger partial charge in [-0.15, -0.1) is 11.3 Å². The van der Waals surface area contributed by atoms with Crippen LogP contribution in [0.25, 0.3) is 28.2 Å². The van der Waals surface area contributed by atoms with Gasteiger partial charge in [-0.05, 0) is 23.8 Å². The largest absolute Gasteiger partial charge is 0.389 e. The maximum Gasteiger partial charge on any atom is 0.221 e. The fraction of sp³-hybridized carbons (Fsp3) is 0.105. The number of primary amides is 1. The number of imidazole rings is 1. The molecule has 0 aliphatic carbocycles. The SMILES string of the molecule is NC(=O)Cc1cccc(-c2cn3cc(-c4csc(CO)n4)ccc3n2)c1. The topological polar surface area (TPSA) is 93.5 Å². The number of pyridine rings is 1. The van der Waals surface area contributed by atoms with Crippen LogP contribution in [0.4, 0.5) is 0 Å². The van der Waals surface area contributed by atoms with Crippen molar-refractivity contribution in [2.75, 3.05) is 0 Å². The molecule has 1 aromatic carbocycles. The van der Waals surface area contributed by atoms with E-state index >= 15 is 0 Å². The van der Waals surface area contributed by atoms with Crippen LogP contribution < -0.4 is 5.73 Å². The first-order chi connectivity index (χ1) is 12.6. The van der Waals surface area contributed by atoms with Crippen LogP contribution in [0.3, 0.4) is 0 Å². The van der Waals surface area contributed by atoms with Crippen molar-refractivity contribution in [3.63, 3.8) is 0 Å². The summed E-state index contributed by atoms with van der Waals surface area (Å²) in [5.74, 6) is -0.354. The number of aromatic nitrogens is 3. The summed E-state index contributed by atoms with van der Waals surface area (Å²) in [6.07, 6.45) is 4.12. The van der Waals surface area contributed by atoms with Gasteiger partial charge in [0.25, 0.3) is 0 Å². The monoisotopic (exact) mass is 364 g/mol. The molecule has 0 atom stereocenters. The molecule has 26 heavy (non-hydrogen) atoms. The minimum absolute atomic E-state index is 0.0518. The lowest BCUT2D eigenvalue weighted by atomic mass is 10.1. The number of nitrogens with two attached hydrogens (primary N) is 1. The van der Waals surface area contributed by atoms with Gasteiger partial charge in [0.2, 0.25) is 5.91 Å². The van der Waals surface area contributed by atoms with Gasteiger partial charge in [-0.25, -0.2) is 9.97 Å². The third-order valence-electron chi connectivity index (χ3n) is 4.03. The normalized spacial score (nSPS) is 11.1. The number of hydrogen-bond acceptors (Lipinski definition) is 5. The molecule has 3 heterocycles. The summed E-state index contributed by atoms with van der Waals surface area (Å²) in [7, 11) is 0. The molecule has 3 aromatic heterocycles. The van der Waals surface area contributed by atoms with Crippen LogP contribution in [0.1, 0.15) is 10.6 Å². The number of hydrogen-bond donors (Lipinski definition) is 2. The zero-order valence-electron chi connectivity index (χ0n) is 13.8. The molecule has 0 aliphatic heterocycles. The Morgan fingerprint density at radius 3 is 2.77 bits per heavy atom. The van der Waals surface area contributed by atoms with E-state index in [2.05, 4.69) is 9.97 Å². The lowest BCUT2D eigenvalue weighted by Gasteiger charge is -2.00. The first-order valence-corrected chi connectivity index (χ1v) is 8.92. The van der Waals surface area contributed by atoms with Gasteiger partial charge in [-0.1, -0.05) is 18.2 Å². The molecule has 0 spiro atoms. The van der Waals surface area contributed by atoms with Crippen molar-refractivity contribution < 1.29 is 9.90 Å². The smallest absolute Gasteiger partial charge is 0.221 e. The van der Waals surface area contributed by atoms with Crippen LogP contribution in [0.15, 0.2) is 54.2 Å². The lowest BCUT2D eigenvalue weighted by molar-refractivity contribution is -0.117. The fourth-order valence-corrected chi connectivity index (χ4v) is 3.50. The molecule has 0 fully saturated rings. The van der Waals surface area contributed by atoms with Gasteiger partial charge in [0.15, 0.2) is 0 Å². The van der Waals surface area contributed by atoms with Gasteiger partial charge in [-0.3, -0.25) is 4.79 Å². The number of nitrogens with zero attached hydrogens (tertiary/aromatic N) is 3. The number of aliphatic hydroxyl groups excluding tert-OH is 1. The lowest BCUT2D eigenvalue weighted by Crippen LogP contribution is -2.13. The first-order valence-electron chi connectivity index (χ1n) is 8.04. The van der Waals surface area contributed by atoms with Crippen LogP contribution in [0.2, 0.25) is 0 Å². The molecule has 0 aliphatic rings. The van der Waals surface area contributed by atoms with Crippen LogP contribution in [0, 0.1) is 0 Å². The highest BCUT2D eigenvalue weighted by molar-refractivity contribution is 7.09. The van der Waals surface area contributed by atoms with E-state index in [1.54, 1.807) is 0 Å². The van der Waals surface area contributed by atoms with Crippen molar-refractivity contribution in [2.24, 2.45) is 5.73 Å². The molecule has 0 radical (unpaired) electrons. The quantitative estimate of drug-likeness (QED) is 0.569. The Kier molecular flexibility index (Phi) is 4.24. The molecule has 1 amide bonds. The van der Waals surface area contributed by atoms with E-state index in [0.29, 0.717) is 5.01 Å². The van der Waals surface area contributed by atoms with Crippen molar-refractivity contribution in [1.82, 2.24) is 14.4 Å². The van der Waals surface area contributed by atoms with E-state index in [0.717, 1.165) is 33.7 Å². The van der Waals surface area contributed by atoms with Crippen molar-refractivity contribution in [1.29, 1.82) is 0 Å². The molecule has 0 saturated carbocycles. The van der Waals surface area contributed by atoms with Gasteiger partial charge >= 0.3 is 0 Å². The second-order valence-corrected chi connectivity index (χ2v) is 6.88. The molecule has 130 valence electrons. The fourth-order valence-electron chi connectivity index (χ4n) is 2.84. The Morgan fingerprint density at radius 2 is 2.00 bits per heavy atom. The molecule has 0 saturated heterocycles. The van der Waals surface area contributed by atoms with Gasteiger partial charge in [0, 0.05) is 28.9 Å². The summed E-state index contributed by atoms with van der Waals surface area (Å²) in [6, 6.07) is 11.6. The molecular weight excluding hydrogens is 348 g/mol. The molecule has 0 bridgehead atoms. The second-order valence-electron chi connectivity index (χ2n) is 5.94. The Balaban J connectivity index is 1.70. The van der Waals surface area contributed by atoms with E-state index in [9.17, 15) is 9.90 Å². The highest BCUT2D eigenvalue weighted by atomic mass is 32.1. The third kappa shape index (κ3) is 3.22. The Morgan fingerprint density at radius 1 is 1.12 bits per heavy atom. The van der Waals surface area contributed by atoms with E-state index < -0.39 is 0 Å². The van der Waals surface area contributed by atoms with Gasteiger partial charge in [0.05, 0.1) is 24.4 Å². The van der Waals surface area contributed by atoms with Crippen molar-refractivity contribution >= 4 is 22.9 Å². The average Bonchev–Trinajstić information content (AvgIpc) is 3.27. The molecule has 4 aromatic rings. The molecule has 4 rings (SSSR count). The third-order valence-corrected chi connectivity index (χ3v) is 4.87. The summed E-state index contributed by atoms with van der Waals surface area (Å²) in [5.41, 5.74) is 10.5. The number of benzene rings is 1. The first kappa shape index (κ1) is 16.4. The van der Waals surface area contributed by atoms with E-state index in [4.69, 9.17) is 5.73 Å². The summed E-state index contributed by atoms with van der Waals surface area (Å²) in [6.45, 7) is -0.0518. The highest BCUT2D eigenvalue weighted by Crippen LogP contribution is 2.25. The maximum atomic E-state index is 11.1. The number of amides is 1. The minimum atomic E-state index is -0.354. The van der Waals surface area contributed by atoms with Gasteiger partial charge in [-0.2, -0.15) is 0 Å².